The summed E-state index contributed by atoms with van der Waals surface area (Å²) in [5.74, 6) is 0.381. The molecule has 0 unspecified atom stereocenters. The van der Waals surface area contributed by atoms with Crippen LogP contribution in [-0.2, 0) is 4.79 Å². The summed E-state index contributed by atoms with van der Waals surface area (Å²) in [6.07, 6.45) is 4.46. The number of amides is 1. The molecular weight excluding hydrogens is 285 g/mol. The average molecular weight is 298 g/mol. The Morgan fingerprint density at radius 2 is 2.21 bits per heavy atom. The van der Waals surface area contributed by atoms with Crippen molar-refractivity contribution in [2.24, 2.45) is 0 Å². The number of rotatable bonds is 5. The number of alkyl halides is 1. The minimum atomic E-state index is -0.0867. The van der Waals surface area contributed by atoms with Crippen LogP contribution in [0, 0.1) is 0 Å². The number of hydrogen-bond donors (Lipinski definition) is 1. The van der Waals surface area contributed by atoms with Crippen molar-refractivity contribution in [3.8, 4) is 5.69 Å². The zero-order chi connectivity index (χ0) is 13.7. The topological polar surface area (TPSA) is 46.9 Å². The number of nitrogens with zero attached hydrogens (tertiary/aromatic N) is 2. The van der Waals surface area contributed by atoms with Crippen molar-refractivity contribution in [3.63, 3.8) is 0 Å². The van der Waals surface area contributed by atoms with Crippen LogP contribution in [0.15, 0.2) is 36.7 Å². The highest BCUT2D eigenvalue weighted by atomic mass is 35.5. The van der Waals surface area contributed by atoms with Gasteiger partial charge in [0.05, 0.1) is 10.7 Å². The maximum Gasteiger partial charge on any atom is 0.224 e. The molecule has 0 radical (unpaired) electrons. The number of para-hydroxylation sites is 1. The third kappa shape index (κ3) is 3.49. The molecule has 1 N–H and O–H groups in total. The molecule has 4 nitrogen and oxygen atoms in total. The second-order valence-electron chi connectivity index (χ2n) is 3.93. The standard InChI is InChI=1S/C13H13Cl2N3O/c14-7-2-6-12(19)17-11-5-1-4-10(15)13(11)18-9-3-8-16-18/h1,3-5,8-9H,2,6-7H2,(H,17,19). The van der Waals surface area contributed by atoms with Crippen LogP contribution in [0.25, 0.3) is 5.69 Å². The van der Waals surface area contributed by atoms with Gasteiger partial charge in [0.15, 0.2) is 0 Å². The minimum absolute atomic E-state index is 0.0867. The summed E-state index contributed by atoms with van der Waals surface area (Å²) in [6, 6.07) is 7.13. The molecule has 1 aromatic heterocycles. The van der Waals surface area contributed by atoms with Crippen LogP contribution in [0.1, 0.15) is 12.8 Å². The van der Waals surface area contributed by atoms with Crippen LogP contribution in [-0.4, -0.2) is 21.6 Å². The van der Waals surface area contributed by atoms with Gasteiger partial charge in [-0.1, -0.05) is 17.7 Å². The summed E-state index contributed by atoms with van der Waals surface area (Å²) < 4.78 is 1.62. The molecule has 0 aliphatic carbocycles. The Labute approximate surface area is 121 Å². The summed E-state index contributed by atoms with van der Waals surface area (Å²) >= 11 is 11.7. The zero-order valence-corrected chi connectivity index (χ0v) is 11.7. The van der Waals surface area contributed by atoms with Crippen LogP contribution in [0.3, 0.4) is 0 Å². The van der Waals surface area contributed by atoms with Gasteiger partial charge >= 0.3 is 0 Å². The van der Waals surface area contributed by atoms with Crippen molar-refractivity contribution in [3.05, 3.63) is 41.7 Å². The SMILES string of the molecule is O=C(CCCCl)Nc1cccc(Cl)c1-n1cccn1. The highest BCUT2D eigenvalue weighted by Crippen LogP contribution is 2.28. The smallest absolute Gasteiger partial charge is 0.224 e. The molecule has 2 aromatic rings. The van der Waals surface area contributed by atoms with Gasteiger partial charge in [0.25, 0.3) is 0 Å². The van der Waals surface area contributed by atoms with Gasteiger partial charge in [-0.25, -0.2) is 4.68 Å². The van der Waals surface area contributed by atoms with E-state index in [1.165, 1.54) is 0 Å². The molecule has 0 atom stereocenters. The van der Waals surface area contributed by atoms with Gasteiger partial charge in [0.2, 0.25) is 5.91 Å². The Balaban J connectivity index is 2.26. The van der Waals surface area contributed by atoms with Crippen LogP contribution in [0.2, 0.25) is 5.02 Å². The van der Waals surface area contributed by atoms with Crippen LogP contribution < -0.4 is 5.32 Å². The van der Waals surface area contributed by atoms with E-state index in [0.29, 0.717) is 35.1 Å². The lowest BCUT2D eigenvalue weighted by molar-refractivity contribution is -0.116. The number of carbonyl (C=O) groups excluding carboxylic acids is 1. The summed E-state index contributed by atoms with van der Waals surface area (Å²) in [6.45, 7) is 0. The van der Waals surface area contributed by atoms with Crippen molar-refractivity contribution < 1.29 is 4.79 Å². The van der Waals surface area contributed by atoms with Gasteiger partial charge in [0, 0.05) is 24.7 Å². The monoisotopic (exact) mass is 297 g/mol. The summed E-state index contributed by atoms with van der Waals surface area (Å²) in [7, 11) is 0. The Hall–Kier alpha value is -1.52. The van der Waals surface area contributed by atoms with E-state index in [-0.39, 0.29) is 5.91 Å². The summed E-state index contributed by atoms with van der Waals surface area (Å²) in [4.78, 5) is 11.8. The fraction of sp³-hybridized carbons (Fsp3) is 0.231. The molecule has 100 valence electrons. The van der Waals surface area contributed by atoms with Crippen molar-refractivity contribution >= 4 is 34.8 Å². The number of benzene rings is 1. The second kappa shape index (κ2) is 6.59. The predicted molar refractivity (Wildman–Crippen MR) is 77.2 cm³/mol. The third-order valence-electron chi connectivity index (χ3n) is 2.53. The number of aromatic nitrogens is 2. The second-order valence-corrected chi connectivity index (χ2v) is 4.71. The molecule has 0 aliphatic heterocycles. The average Bonchev–Trinajstić information content (AvgIpc) is 2.90. The Morgan fingerprint density at radius 1 is 1.37 bits per heavy atom. The Kier molecular flexibility index (Phi) is 4.82. The molecule has 6 heteroatoms. The number of carbonyl (C=O) groups is 1. The number of anilines is 1. The molecular formula is C13H13Cl2N3O. The molecule has 0 spiro atoms. The molecule has 0 bridgehead atoms. The van der Waals surface area contributed by atoms with E-state index in [4.69, 9.17) is 23.2 Å². The molecule has 0 saturated carbocycles. The molecule has 1 heterocycles. The van der Waals surface area contributed by atoms with E-state index < -0.39 is 0 Å². The van der Waals surface area contributed by atoms with Gasteiger partial charge in [-0.05, 0) is 24.6 Å². The number of hydrogen-bond acceptors (Lipinski definition) is 2. The number of halogens is 2. The highest BCUT2D eigenvalue weighted by Gasteiger charge is 2.11. The van der Waals surface area contributed by atoms with Gasteiger partial charge in [-0.2, -0.15) is 5.10 Å². The predicted octanol–water partition coefficient (Wildman–Crippen LogP) is 3.48. The quantitative estimate of drug-likeness (QED) is 0.859. The summed E-state index contributed by atoms with van der Waals surface area (Å²) in [5, 5.41) is 7.50. The van der Waals surface area contributed by atoms with Crippen LogP contribution in [0.4, 0.5) is 5.69 Å². The lowest BCUT2D eigenvalue weighted by Crippen LogP contribution is -2.13. The van der Waals surface area contributed by atoms with E-state index in [1.54, 1.807) is 41.3 Å². The van der Waals surface area contributed by atoms with Gasteiger partial charge in [-0.15, -0.1) is 11.6 Å². The van der Waals surface area contributed by atoms with E-state index >= 15 is 0 Å². The molecule has 0 fully saturated rings. The van der Waals surface area contributed by atoms with Crippen molar-refractivity contribution in [2.75, 3.05) is 11.2 Å². The molecule has 19 heavy (non-hydrogen) atoms. The lowest BCUT2D eigenvalue weighted by Gasteiger charge is -2.12. The van der Waals surface area contributed by atoms with E-state index in [1.807, 2.05) is 0 Å². The van der Waals surface area contributed by atoms with Crippen molar-refractivity contribution in [2.45, 2.75) is 12.8 Å². The maximum atomic E-state index is 11.8. The first kappa shape index (κ1) is 13.9. The molecule has 0 saturated heterocycles. The highest BCUT2D eigenvalue weighted by molar-refractivity contribution is 6.33. The Bertz CT molecular complexity index is 555. The minimum Gasteiger partial charge on any atom is -0.324 e. The van der Waals surface area contributed by atoms with Crippen molar-refractivity contribution in [1.29, 1.82) is 0 Å². The third-order valence-corrected chi connectivity index (χ3v) is 3.10. The zero-order valence-electron chi connectivity index (χ0n) is 10.1. The van der Waals surface area contributed by atoms with Gasteiger partial charge < -0.3 is 5.32 Å². The van der Waals surface area contributed by atoms with Crippen LogP contribution in [0.5, 0.6) is 0 Å². The first-order valence-electron chi connectivity index (χ1n) is 5.86. The fourth-order valence-corrected chi connectivity index (χ4v) is 2.08. The first-order valence-corrected chi connectivity index (χ1v) is 6.78. The molecule has 1 amide bonds. The molecule has 1 aromatic carbocycles. The van der Waals surface area contributed by atoms with Crippen molar-refractivity contribution in [1.82, 2.24) is 9.78 Å². The Morgan fingerprint density at radius 3 is 2.89 bits per heavy atom. The fourth-order valence-electron chi connectivity index (χ4n) is 1.69. The van der Waals surface area contributed by atoms with E-state index in [0.717, 1.165) is 0 Å². The largest absolute Gasteiger partial charge is 0.324 e. The van der Waals surface area contributed by atoms with E-state index in [2.05, 4.69) is 10.4 Å². The lowest BCUT2D eigenvalue weighted by atomic mass is 10.2. The normalized spacial score (nSPS) is 10.4. The van der Waals surface area contributed by atoms with E-state index in [9.17, 15) is 4.79 Å². The van der Waals surface area contributed by atoms with Crippen LogP contribution >= 0.6 is 23.2 Å². The number of nitrogens with one attached hydrogen (secondary N) is 1. The summed E-state index contributed by atoms with van der Waals surface area (Å²) in [5.41, 5.74) is 1.30. The first-order chi connectivity index (χ1) is 9.22. The molecule has 0 aliphatic rings. The van der Waals surface area contributed by atoms with Gasteiger partial charge in [-0.3, -0.25) is 4.79 Å². The molecule has 2 rings (SSSR count). The maximum absolute atomic E-state index is 11.8. The van der Waals surface area contributed by atoms with Gasteiger partial charge in [0.1, 0.15) is 5.69 Å².